The van der Waals surface area contributed by atoms with E-state index in [4.69, 9.17) is 4.98 Å². The van der Waals surface area contributed by atoms with Crippen molar-refractivity contribution >= 4 is 16.5 Å². The van der Waals surface area contributed by atoms with Crippen LogP contribution >= 0.6 is 11.3 Å². The van der Waals surface area contributed by atoms with E-state index < -0.39 is 0 Å². The van der Waals surface area contributed by atoms with E-state index >= 15 is 0 Å². The zero-order chi connectivity index (χ0) is 14.7. The van der Waals surface area contributed by atoms with Gasteiger partial charge in [-0.25, -0.2) is 4.98 Å². The van der Waals surface area contributed by atoms with E-state index in [-0.39, 0.29) is 0 Å². The highest BCUT2D eigenvalue weighted by molar-refractivity contribution is 7.15. The van der Waals surface area contributed by atoms with Gasteiger partial charge >= 0.3 is 0 Å². The zero-order valence-electron chi connectivity index (χ0n) is 13.5. The van der Waals surface area contributed by atoms with Crippen molar-refractivity contribution in [2.45, 2.75) is 83.3 Å². The van der Waals surface area contributed by atoms with Crippen molar-refractivity contribution in [3.63, 3.8) is 0 Å². The third-order valence-corrected chi connectivity index (χ3v) is 6.09. The van der Waals surface area contributed by atoms with Gasteiger partial charge in [-0.3, -0.25) is 0 Å². The molecule has 2 saturated carbocycles. The zero-order valence-corrected chi connectivity index (χ0v) is 14.3. The van der Waals surface area contributed by atoms with Crippen molar-refractivity contribution in [1.82, 2.24) is 10.3 Å². The summed E-state index contributed by atoms with van der Waals surface area (Å²) in [6.07, 6.45) is 12.0. The maximum Gasteiger partial charge on any atom is 0.185 e. The molecule has 21 heavy (non-hydrogen) atoms. The standard InChI is InChI=1S/C17H29N3S/c1-3-15-16(12-18-13-10-11-13)21-17(19-15)20(2)14-8-6-4-5-7-9-14/h13-14,18H,3-12H2,1-2H3. The molecule has 0 aromatic carbocycles. The van der Waals surface area contributed by atoms with Gasteiger partial charge in [0.15, 0.2) is 5.13 Å². The highest BCUT2D eigenvalue weighted by atomic mass is 32.1. The molecule has 0 saturated heterocycles. The smallest absolute Gasteiger partial charge is 0.185 e. The van der Waals surface area contributed by atoms with Crippen LogP contribution in [0.3, 0.4) is 0 Å². The Labute approximate surface area is 133 Å². The van der Waals surface area contributed by atoms with E-state index in [1.807, 2.05) is 11.3 Å². The molecule has 0 unspecified atom stereocenters. The molecule has 2 fully saturated rings. The predicted molar refractivity (Wildman–Crippen MR) is 91.2 cm³/mol. The van der Waals surface area contributed by atoms with Crippen LogP contribution in [0, 0.1) is 0 Å². The van der Waals surface area contributed by atoms with Crippen LogP contribution in [0.15, 0.2) is 0 Å². The second kappa shape index (κ2) is 7.10. The van der Waals surface area contributed by atoms with Gasteiger partial charge in [-0.15, -0.1) is 11.3 Å². The average Bonchev–Trinajstić information content (AvgIpc) is 3.28. The summed E-state index contributed by atoms with van der Waals surface area (Å²) >= 11 is 1.91. The predicted octanol–water partition coefficient (Wildman–Crippen LogP) is 4.12. The Morgan fingerprint density at radius 3 is 2.48 bits per heavy atom. The molecule has 0 bridgehead atoms. The summed E-state index contributed by atoms with van der Waals surface area (Å²) in [5.41, 5.74) is 1.31. The van der Waals surface area contributed by atoms with Crippen molar-refractivity contribution in [3.05, 3.63) is 10.6 Å². The Hall–Kier alpha value is -0.610. The van der Waals surface area contributed by atoms with Crippen LogP contribution in [0.1, 0.15) is 68.9 Å². The van der Waals surface area contributed by atoms with Crippen LogP contribution in [0.25, 0.3) is 0 Å². The normalized spacial score (nSPS) is 20.5. The van der Waals surface area contributed by atoms with Gasteiger partial charge in [0.25, 0.3) is 0 Å². The van der Waals surface area contributed by atoms with Gasteiger partial charge in [0.05, 0.1) is 5.69 Å². The number of anilines is 1. The summed E-state index contributed by atoms with van der Waals surface area (Å²) in [4.78, 5) is 8.86. The first-order chi connectivity index (χ1) is 10.3. The summed E-state index contributed by atoms with van der Waals surface area (Å²) in [5.74, 6) is 0. The molecule has 0 atom stereocenters. The Morgan fingerprint density at radius 1 is 1.14 bits per heavy atom. The molecule has 0 spiro atoms. The van der Waals surface area contributed by atoms with Crippen LogP contribution in [-0.4, -0.2) is 24.1 Å². The highest BCUT2D eigenvalue weighted by Crippen LogP contribution is 2.31. The van der Waals surface area contributed by atoms with Gasteiger partial charge < -0.3 is 10.2 Å². The SMILES string of the molecule is CCc1nc(N(C)C2CCCCCC2)sc1CNC1CC1. The summed E-state index contributed by atoms with van der Waals surface area (Å²) in [6.45, 7) is 3.25. The fourth-order valence-corrected chi connectivity index (χ4v) is 4.39. The average molecular weight is 308 g/mol. The van der Waals surface area contributed by atoms with Gasteiger partial charge in [-0.05, 0) is 32.1 Å². The monoisotopic (exact) mass is 307 g/mol. The van der Waals surface area contributed by atoms with Gasteiger partial charge in [0.2, 0.25) is 0 Å². The lowest BCUT2D eigenvalue weighted by atomic mass is 10.1. The third kappa shape index (κ3) is 3.98. The molecule has 3 rings (SSSR count). The molecule has 0 amide bonds. The van der Waals surface area contributed by atoms with Gasteiger partial charge in [0.1, 0.15) is 0 Å². The quantitative estimate of drug-likeness (QED) is 0.801. The molecule has 2 aliphatic carbocycles. The van der Waals surface area contributed by atoms with Crippen molar-refractivity contribution in [1.29, 1.82) is 0 Å². The van der Waals surface area contributed by atoms with E-state index in [9.17, 15) is 0 Å². The molecule has 1 N–H and O–H groups in total. The Morgan fingerprint density at radius 2 is 1.86 bits per heavy atom. The van der Waals surface area contributed by atoms with Gasteiger partial charge in [-0.2, -0.15) is 0 Å². The summed E-state index contributed by atoms with van der Waals surface area (Å²) < 4.78 is 0. The minimum absolute atomic E-state index is 0.701. The summed E-state index contributed by atoms with van der Waals surface area (Å²) in [7, 11) is 2.26. The molecule has 0 radical (unpaired) electrons. The fraction of sp³-hybridized carbons (Fsp3) is 0.824. The molecule has 1 aromatic rings. The Bertz CT molecular complexity index is 445. The molecule has 1 heterocycles. The molecule has 0 aliphatic heterocycles. The number of hydrogen-bond acceptors (Lipinski definition) is 4. The van der Waals surface area contributed by atoms with Crippen LogP contribution in [-0.2, 0) is 13.0 Å². The van der Waals surface area contributed by atoms with Crippen LogP contribution in [0.2, 0.25) is 0 Å². The second-order valence-electron chi connectivity index (χ2n) is 6.63. The number of nitrogens with zero attached hydrogens (tertiary/aromatic N) is 2. The van der Waals surface area contributed by atoms with Crippen LogP contribution < -0.4 is 10.2 Å². The molecule has 118 valence electrons. The number of aryl methyl sites for hydroxylation is 1. The molecule has 4 heteroatoms. The first-order valence-corrected chi connectivity index (χ1v) is 9.54. The Balaban J connectivity index is 1.67. The maximum absolute atomic E-state index is 4.94. The van der Waals surface area contributed by atoms with E-state index in [2.05, 4.69) is 24.2 Å². The number of thiazole rings is 1. The van der Waals surface area contributed by atoms with E-state index in [1.54, 1.807) is 0 Å². The van der Waals surface area contributed by atoms with Crippen LogP contribution in [0.4, 0.5) is 5.13 Å². The van der Waals surface area contributed by atoms with E-state index in [0.717, 1.165) is 19.0 Å². The number of aromatic nitrogens is 1. The maximum atomic E-state index is 4.94. The lowest BCUT2D eigenvalue weighted by molar-refractivity contribution is 0.552. The van der Waals surface area contributed by atoms with Crippen LogP contribution in [0.5, 0.6) is 0 Å². The number of nitrogens with one attached hydrogen (secondary N) is 1. The van der Waals surface area contributed by atoms with Gasteiger partial charge in [-0.1, -0.05) is 32.6 Å². The first kappa shape index (κ1) is 15.3. The van der Waals surface area contributed by atoms with Crippen molar-refractivity contribution < 1.29 is 0 Å². The third-order valence-electron chi connectivity index (χ3n) is 4.90. The molecule has 3 nitrogen and oxygen atoms in total. The van der Waals surface area contributed by atoms with Gasteiger partial charge in [0, 0.05) is 30.6 Å². The Kier molecular flexibility index (Phi) is 5.17. The van der Waals surface area contributed by atoms with E-state index in [0.29, 0.717) is 6.04 Å². The minimum Gasteiger partial charge on any atom is -0.348 e. The fourth-order valence-electron chi connectivity index (χ4n) is 3.26. The summed E-state index contributed by atoms with van der Waals surface area (Å²) in [5, 5.41) is 4.88. The first-order valence-electron chi connectivity index (χ1n) is 8.72. The molecule has 2 aliphatic rings. The lowest BCUT2D eigenvalue weighted by Crippen LogP contribution is -2.30. The van der Waals surface area contributed by atoms with Crippen molar-refractivity contribution in [2.24, 2.45) is 0 Å². The van der Waals surface area contributed by atoms with E-state index in [1.165, 1.54) is 67.1 Å². The minimum atomic E-state index is 0.701. The topological polar surface area (TPSA) is 28.2 Å². The molecular weight excluding hydrogens is 278 g/mol. The number of rotatable bonds is 6. The largest absolute Gasteiger partial charge is 0.348 e. The van der Waals surface area contributed by atoms with Crippen molar-refractivity contribution in [3.8, 4) is 0 Å². The highest BCUT2D eigenvalue weighted by Gasteiger charge is 2.23. The molecular formula is C17H29N3S. The van der Waals surface area contributed by atoms with Crippen molar-refractivity contribution in [2.75, 3.05) is 11.9 Å². The molecule has 1 aromatic heterocycles. The number of hydrogen-bond donors (Lipinski definition) is 1. The summed E-state index contributed by atoms with van der Waals surface area (Å²) in [6, 6.07) is 1.48. The lowest BCUT2D eigenvalue weighted by Gasteiger charge is -2.26. The second-order valence-corrected chi connectivity index (χ2v) is 7.69.